The van der Waals surface area contributed by atoms with E-state index in [2.05, 4.69) is 15.5 Å². The fourth-order valence-electron chi connectivity index (χ4n) is 3.87. The number of carbonyl (C=O) groups is 2. The highest BCUT2D eigenvalue weighted by atomic mass is 32.2. The van der Waals surface area contributed by atoms with Gasteiger partial charge in [-0.1, -0.05) is 35.5 Å². The lowest BCUT2D eigenvalue weighted by Crippen LogP contribution is -2.16. The van der Waals surface area contributed by atoms with Gasteiger partial charge >= 0.3 is 5.97 Å². The highest BCUT2D eigenvalue weighted by Gasteiger charge is 2.23. The zero-order chi connectivity index (χ0) is 26.7. The molecule has 4 rings (SSSR count). The van der Waals surface area contributed by atoms with Crippen molar-refractivity contribution in [2.24, 2.45) is 7.05 Å². The maximum absolute atomic E-state index is 12.9. The standard InChI is InChI=1S/C27H29N5O3S2/c1-16-7-8-17(2)20(13-16)21-14-36-25(23(21)26(34)35-6)28-22(33)15-37-27-30-29-24(32(27)5)18-9-11-19(12-10-18)31(3)4/h7-14H,15H2,1-6H3,(H,28,33). The molecule has 0 aliphatic carbocycles. The van der Waals surface area contributed by atoms with Gasteiger partial charge in [-0.2, -0.15) is 0 Å². The fourth-order valence-corrected chi connectivity index (χ4v) is 5.55. The molecule has 4 aromatic rings. The quantitative estimate of drug-likeness (QED) is 0.238. The lowest BCUT2D eigenvalue weighted by Gasteiger charge is -2.12. The van der Waals surface area contributed by atoms with E-state index in [4.69, 9.17) is 4.74 Å². The summed E-state index contributed by atoms with van der Waals surface area (Å²) >= 11 is 2.59. The van der Waals surface area contributed by atoms with Crippen molar-refractivity contribution in [1.29, 1.82) is 0 Å². The van der Waals surface area contributed by atoms with Crippen LogP contribution in [0.4, 0.5) is 10.7 Å². The first-order chi connectivity index (χ1) is 17.7. The molecule has 0 saturated heterocycles. The second-order valence-corrected chi connectivity index (χ2v) is 10.6. The molecule has 2 aromatic carbocycles. The number of methoxy groups -OCH3 is 1. The molecule has 2 heterocycles. The van der Waals surface area contributed by atoms with Crippen LogP contribution in [-0.4, -0.2) is 53.6 Å². The number of hydrogen-bond acceptors (Lipinski definition) is 8. The Morgan fingerprint density at radius 2 is 1.81 bits per heavy atom. The minimum absolute atomic E-state index is 0.114. The summed E-state index contributed by atoms with van der Waals surface area (Å²) in [5.74, 6) is 0.100. The van der Waals surface area contributed by atoms with Gasteiger partial charge in [0.05, 0.1) is 12.9 Å². The number of thiophene rings is 1. The zero-order valence-electron chi connectivity index (χ0n) is 21.7. The monoisotopic (exact) mass is 535 g/mol. The first-order valence-electron chi connectivity index (χ1n) is 11.6. The van der Waals surface area contributed by atoms with Gasteiger partial charge < -0.3 is 19.5 Å². The first kappa shape index (κ1) is 26.4. The summed E-state index contributed by atoms with van der Waals surface area (Å²) in [6.07, 6.45) is 0. The van der Waals surface area contributed by atoms with Gasteiger partial charge in [-0.3, -0.25) is 4.79 Å². The number of ether oxygens (including phenoxy) is 1. The summed E-state index contributed by atoms with van der Waals surface area (Å²) in [5.41, 5.74) is 6.21. The molecule has 0 aliphatic heterocycles. The lowest BCUT2D eigenvalue weighted by atomic mass is 9.97. The van der Waals surface area contributed by atoms with E-state index in [0.717, 1.165) is 39.3 Å². The molecular weight excluding hydrogens is 506 g/mol. The summed E-state index contributed by atoms with van der Waals surface area (Å²) in [4.78, 5) is 27.6. The Morgan fingerprint density at radius 1 is 1.08 bits per heavy atom. The van der Waals surface area contributed by atoms with Crippen molar-refractivity contribution in [3.8, 4) is 22.5 Å². The van der Waals surface area contributed by atoms with Crippen LogP contribution in [0.1, 0.15) is 21.5 Å². The zero-order valence-corrected chi connectivity index (χ0v) is 23.3. The Labute approximate surface area is 224 Å². The molecule has 10 heteroatoms. The molecule has 0 atom stereocenters. The Bertz CT molecular complexity index is 1440. The van der Waals surface area contributed by atoms with Crippen molar-refractivity contribution >= 4 is 45.7 Å². The molecular formula is C27H29N5O3S2. The maximum Gasteiger partial charge on any atom is 0.341 e. The van der Waals surface area contributed by atoms with Crippen LogP contribution in [-0.2, 0) is 16.6 Å². The van der Waals surface area contributed by atoms with Crippen LogP contribution >= 0.6 is 23.1 Å². The SMILES string of the molecule is COC(=O)c1c(-c2cc(C)ccc2C)csc1NC(=O)CSc1nnc(-c2ccc(N(C)C)cc2)n1C. The maximum atomic E-state index is 12.9. The largest absolute Gasteiger partial charge is 0.465 e. The smallest absolute Gasteiger partial charge is 0.341 e. The summed E-state index contributed by atoms with van der Waals surface area (Å²) in [6, 6.07) is 14.1. The summed E-state index contributed by atoms with van der Waals surface area (Å²) in [7, 11) is 7.20. The van der Waals surface area contributed by atoms with E-state index in [1.165, 1.54) is 30.2 Å². The minimum atomic E-state index is -0.488. The van der Waals surface area contributed by atoms with Crippen molar-refractivity contribution in [2.75, 3.05) is 37.2 Å². The van der Waals surface area contributed by atoms with Gasteiger partial charge in [-0.25, -0.2) is 4.79 Å². The molecule has 2 aromatic heterocycles. The lowest BCUT2D eigenvalue weighted by molar-refractivity contribution is -0.113. The van der Waals surface area contributed by atoms with E-state index in [1.807, 2.05) is 92.3 Å². The molecule has 0 radical (unpaired) electrons. The van der Waals surface area contributed by atoms with Crippen molar-refractivity contribution in [1.82, 2.24) is 14.8 Å². The second kappa shape index (κ2) is 11.2. The van der Waals surface area contributed by atoms with E-state index >= 15 is 0 Å². The number of rotatable bonds is 8. The topological polar surface area (TPSA) is 89.3 Å². The molecule has 192 valence electrons. The Hall–Kier alpha value is -3.63. The molecule has 1 amide bonds. The third-order valence-corrected chi connectivity index (χ3v) is 7.84. The highest BCUT2D eigenvalue weighted by Crippen LogP contribution is 2.38. The van der Waals surface area contributed by atoms with Crippen molar-refractivity contribution in [2.45, 2.75) is 19.0 Å². The molecule has 0 saturated carbocycles. The number of hydrogen-bond donors (Lipinski definition) is 1. The second-order valence-electron chi connectivity index (χ2n) is 8.81. The number of nitrogens with zero attached hydrogens (tertiary/aromatic N) is 4. The number of thioether (sulfide) groups is 1. The van der Waals surface area contributed by atoms with Crippen LogP contribution in [0.25, 0.3) is 22.5 Å². The molecule has 0 aliphatic rings. The molecule has 8 nitrogen and oxygen atoms in total. The van der Waals surface area contributed by atoms with Gasteiger partial charge in [-0.15, -0.1) is 21.5 Å². The van der Waals surface area contributed by atoms with Crippen molar-refractivity contribution < 1.29 is 14.3 Å². The van der Waals surface area contributed by atoms with Gasteiger partial charge in [0.1, 0.15) is 10.6 Å². The number of anilines is 2. The fraction of sp³-hybridized carbons (Fsp3) is 0.259. The van der Waals surface area contributed by atoms with Gasteiger partial charge in [0, 0.05) is 43.3 Å². The van der Waals surface area contributed by atoms with Gasteiger partial charge in [0.2, 0.25) is 5.91 Å². The number of aryl methyl sites for hydroxylation is 2. The number of benzene rings is 2. The molecule has 0 unspecified atom stereocenters. The van der Waals surface area contributed by atoms with Gasteiger partial charge in [-0.05, 0) is 49.2 Å². The summed E-state index contributed by atoms with van der Waals surface area (Å²) < 4.78 is 6.91. The average Bonchev–Trinajstić information content (AvgIpc) is 3.46. The molecule has 0 fully saturated rings. The summed E-state index contributed by atoms with van der Waals surface area (Å²) in [5, 5.41) is 14.4. The Kier molecular flexibility index (Phi) is 7.99. The highest BCUT2D eigenvalue weighted by molar-refractivity contribution is 7.99. The third kappa shape index (κ3) is 5.70. The Balaban J connectivity index is 1.49. The average molecular weight is 536 g/mol. The minimum Gasteiger partial charge on any atom is -0.465 e. The van der Waals surface area contributed by atoms with E-state index in [-0.39, 0.29) is 11.7 Å². The van der Waals surface area contributed by atoms with Crippen LogP contribution in [0.3, 0.4) is 0 Å². The van der Waals surface area contributed by atoms with Gasteiger partial charge in [0.25, 0.3) is 0 Å². The Morgan fingerprint density at radius 3 is 2.49 bits per heavy atom. The first-order valence-corrected chi connectivity index (χ1v) is 13.4. The van der Waals surface area contributed by atoms with E-state index in [0.29, 0.717) is 15.7 Å². The van der Waals surface area contributed by atoms with E-state index in [9.17, 15) is 9.59 Å². The number of esters is 1. The predicted octanol–water partition coefficient (Wildman–Crippen LogP) is 5.41. The van der Waals surface area contributed by atoms with Crippen LogP contribution in [0.5, 0.6) is 0 Å². The van der Waals surface area contributed by atoms with Crippen molar-refractivity contribution in [3.05, 3.63) is 64.5 Å². The predicted molar refractivity (Wildman–Crippen MR) is 151 cm³/mol. The van der Waals surface area contributed by atoms with E-state index < -0.39 is 5.97 Å². The van der Waals surface area contributed by atoms with Gasteiger partial charge in [0.15, 0.2) is 11.0 Å². The van der Waals surface area contributed by atoms with Crippen molar-refractivity contribution in [3.63, 3.8) is 0 Å². The molecule has 0 spiro atoms. The van der Waals surface area contributed by atoms with Crippen LogP contribution in [0, 0.1) is 13.8 Å². The number of nitrogens with one attached hydrogen (secondary N) is 1. The third-order valence-electron chi connectivity index (χ3n) is 5.93. The van der Waals surface area contributed by atoms with Crippen LogP contribution in [0.15, 0.2) is 53.0 Å². The van der Waals surface area contributed by atoms with Crippen LogP contribution in [0.2, 0.25) is 0 Å². The number of aromatic nitrogens is 3. The molecule has 1 N–H and O–H groups in total. The van der Waals surface area contributed by atoms with E-state index in [1.54, 1.807) is 0 Å². The molecule has 37 heavy (non-hydrogen) atoms. The number of amides is 1. The normalized spacial score (nSPS) is 10.9. The summed E-state index contributed by atoms with van der Waals surface area (Å²) in [6.45, 7) is 4.00. The van der Waals surface area contributed by atoms with Crippen LogP contribution < -0.4 is 10.2 Å². The number of carbonyl (C=O) groups excluding carboxylic acids is 2. The molecule has 0 bridgehead atoms.